The van der Waals surface area contributed by atoms with Crippen LogP contribution >= 0.6 is 11.6 Å². The Morgan fingerprint density at radius 2 is 1.87 bits per heavy atom. The number of rotatable bonds is 7. The topological polar surface area (TPSA) is 106 Å². The number of carbonyl (C=O) groups is 2. The third-order valence-electron chi connectivity index (χ3n) is 5.92. The highest BCUT2D eigenvalue weighted by Crippen LogP contribution is 2.32. The van der Waals surface area contributed by atoms with Gasteiger partial charge in [0.2, 0.25) is 5.91 Å². The number of fused-ring (bicyclic) bond motifs is 1. The zero-order valence-corrected chi connectivity index (χ0v) is 17.8. The number of carboxylic acid groups (broad SMARTS) is 1. The van der Waals surface area contributed by atoms with Gasteiger partial charge in [0, 0.05) is 46.9 Å². The fourth-order valence-electron chi connectivity index (χ4n) is 4.21. The Balaban J connectivity index is 1.45. The molecule has 0 radical (unpaired) electrons. The number of hydrogen-bond acceptors (Lipinski definition) is 4. The van der Waals surface area contributed by atoms with Gasteiger partial charge >= 0.3 is 5.97 Å². The lowest BCUT2D eigenvalue weighted by Crippen LogP contribution is -2.43. The molecule has 2 heterocycles. The Bertz CT molecular complexity index is 1080. The van der Waals surface area contributed by atoms with Crippen LogP contribution in [-0.4, -0.2) is 34.1 Å². The van der Waals surface area contributed by atoms with Gasteiger partial charge in [0.1, 0.15) is 6.04 Å². The van der Waals surface area contributed by atoms with E-state index in [1.807, 2.05) is 55.5 Å². The number of carboxylic acids is 1. The van der Waals surface area contributed by atoms with Crippen molar-refractivity contribution in [2.75, 3.05) is 0 Å². The van der Waals surface area contributed by atoms with E-state index in [9.17, 15) is 14.7 Å². The summed E-state index contributed by atoms with van der Waals surface area (Å²) in [6.45, 7) is 2.00. The molecule has 4 rings (SSSR count). The average Bonchev–Trinajstić information content (AvgIpc) is 3.32. The first-order chi connectivity index (χ1) is 14.9. The van der Waals surface area contributed by atoms with Gasteiger partial charge in [-0.15, -0.1) is 0 Å². The minimum absolute atomic E-state index is 0.0382. The second-order valence-corrected chi connectivity index (χ2v) is 8.43. The molecule has 7 nitrogen and oxygen atoms in total. The van der Waals surface area contributed by atoms with Crippen LogP contribution in [0, 0.1) is 5.92 Å². The summed E-state index contributed by atoms with van der Waals surface area (Å²) in [5, 5.41) is 14.0. The first-order valence-corrected chi connectivity index (χ1v) is 10.6. The lowest BCUT2D eigenvalue weighted by Gasteiger charge is -2.22. The van der Waals surface area contributed by atoms with Gasteiger partial charge in [-0.2, -0.15) is 0 Å². The molecule has 8 heteroatoms. The van der Waals surface area contributed by atoms with E-state index in [0.29, 0.717) is 5.02 Å². The summed E-state index contributed by atoms with van der Waals surface area (Å²) in [5.41, 5.74) is 9.25. The van der Waals surface area contributed by atoms with Crippen molar-refractivity contribution < 1.29 is 14.7 Å². The number of nitrogens with one attached hydrogen (secondary N) is 4. The van der Waals surface area contributed by atoms with Gasteiger partial charge in [-0.3, -0.25) is 10.2 Å². The molecule has 1 aliphatic rings. The lowest BCUT2D eigenvalue weighted by atomic mass is 9.87. The zero-order chi connectivity index (χ0) is 22.0. The number of halogens is 1. The minimum Gasteiger partial charge on any atom is -0.480 e. The first kappa shape index (κ1) is 21.4. The van der Waals surface area contributed by atoms with Crippen LogP contribution in [0.1, 0.15) is 30.5 Å². The Labute approximate surface area is 185 Å². The predicted octanol–water partition coefficient (Wildman–Crippen LogP) is 3.18. The van der Waals surface area contributed by atoms with E-state index in [0.717, 1.165) is 22.0 Å². The number of amides is 1. The van der Waals surface area contributed by atoms with E-state index >= 15 is 0 Å². The molecule has 5 N–H and O–H groups in total. The van der Waals surface area contributed by atoms with Crippen molar-refractivity contribution >= 4 is 34.4 Å². The average molecular weight is 441 g/mol. The first-order valence-electron chi connectivity index (χ1n) is 10.3. The smallest absolute Gasteiger partial charge is 0.326 e. The minimum atomic E-state index is -1.05. The molecule has 1 amide bonds. The molecule has 3 aromatic rings. The van der Waals surface area contributed by atoms with Crippen LogP contribution < -0.4 is 16.2 Å². The Hall–Kier alpha value is -2.87. The molecular formula is C23H25ClN4O3. The monoisotopic (exact) mass is 440 g/mol. The maximum absolute atomic E-state index is 12.8. The summed E-state index contributed by atoms with van der Waals surface area (Å²) in [5.74, 6) is -1.37. The molecule has 4 atom stereocenters. The predicted molar refractivity (Wildman–Crippen MR) is 120 cm³/mol. The zero-order valence-electron chi connectivity index (χ0n) is 17.1. The molecule has 0 bridgehead atoms. The van der Waals surface area contributed by atoms with E-state index in [1.165, 1.54) is 0 Å². The summed E-state index contributed by atoms with van der Waals surface area (Å²) in [7, 11) is 0. The van der Waals surface area contributed by atoms with Crippen molar-refractivity contribution in [1.82, 2.24) is 21.2 Å². The van der Waals surface area contributed by atoms with E-state index in [1.54, 1.807) is 6.20 Å². The maximum Gasteiger partial charge on any atom is 0.326 e. The summed E-state index contributed by atoms with van der Waals surface area (Å²) < 4.78 is 0. The number of hydrazine groups is 1. The molecule has 1 aliphatic heterocycles. The fraction of sp³-hybridized carbons (Fsp3) is 0.304. The second-order valence-electron chi connectivity index (χ2n) is 8.00. The van der Waals surface area contributed by atoms with E-state index in [2.05, 4.69) is 21.2 Å². The van der Waals surface area contributed by atoms with Gasteiger partial charge in [-0.05, 0) is 36.2 Å². The quantitative estimate of drug-likeness (QED) is 0.388. The van der Waals surface area contributed by atoms with Crippen molar-refractivity contribution in [3.8, 4) is 0 Å². The molecular weight excluding hydrogens is 416 g/mol. The molecule has 1 saturated heterocycles. The number of H-pyrrole nitrogens is 1. The molecule has 1 fully saturated rings. The lowest BCUT2D eigenvalue weighted by molar-refractivity contribution is -0.141. The van der Waals surface area contributed by atoms with Gasteiger partial charge in [0.05, 0.1) is 6.04 Å². The van der Waals surface area contributed by atoms with E-state index < -0.39 is 12.0 Å². The summed E-state index contributed by atoms with van der Waals surface area (Å²) >= 11 is 5.99. The van der Waals surface area contributed by atoms with E-state index in [-0.39, 0.29) is 36.8 Å². The summed E-state index contributed by atoms with van der Waals surface area (Å²) in [6.07, 6.45) is 2.21. The number of para-hydroxylation sites is 1. The number of carbonyl (C=O) groups excluding carboxylic acids is 1. The van der Waals surface area contributed by atoms with Crippen LogP contribution in [0.5, 0.6) is 0 Å². The van der Waals surface area contributed by atoms with Gasteiger partial charge in [0.15, 0.2) is 0 Å². The van der Waals surface area contributed by atoms with E-state index in [4.69, 9.17) is 11.6 Å². The van der Waals surface area contributed by atoms with Crippen LogP contribution in [0.3, 0.4) is 0 Å². The molecule has 0 aliphatic carbocycles. The molecule has 0 spiro atoms. The van der Waals surface area contributed by atoms with Crippen molar-refractivity contribution in [3.63, 3.8) is 0 Å². The third-order valence-corrected chi connectivity index (χ3v) is 6.17. The summed E-state index contributed by atoms with van der Waals surface area (Å²) in [4.78, 5) is 27.8. The highest BCUT2D eigenvalue weighted by atomic mass is 35.5. The molecule has 31 heavy (non-hydrogen) atoms. The number of hydrogen-bond donors (Lipinski definition) is 5. The molecule has 1 aromatic heterocycles. The Kier molecular flexibility index (Phi) is 6.27. The van der Waals surface area contributed by atoms with Gasteiger partial charge in [-0.25, -0.2) is 10.2 Å². The highest BCUT2D eigenvalue weighted by molar-refractivity contribution is 6.30. The largest absolute Gasteiger partial charge is 0.480 e. The van der Waals surface area contributed by atoms with Crippen LogP contribution in [0.15, 0.2) is 54.7 Å². The Morgan fingerprint density at radius 1 is 1.13 bits per heavy atom. The van der Waals surface area contributed by atoms with Crippen molar-refractivity contribution in [3.05, 3.63) is 70.9 Å². The number of aliphatic carboxylic acids is 1. The van der Waals surface area contributed by atoms with Crippen LogP contribution in [0.2, 0.25) is 5.02 Å². The fourth-order valence-corrected chi connectivity index (χ4v) is 4.33. The second kappa shape index (κ2) is 9.09. The molecule has 0 saturated carbocycles. The highest BCUT2D eigenvalue weighted by Gasteiger charge is 2.36. The van der Waals surface area contributed by atoms with Crippen LogP contribution in [0.4, 0.5) is 0 Å². The Morgan fingerprint density at radius 3 is 2.61 bits per heavy atom. The van der Waals surface area contributed by atoms with Crippen LogP contribution in [-0.2, 0) is 16.0 Å². The van der Waals surface area contributed by atoms with Crippen molar-refractivity contribution in [2.24, 2.45) is 5.92 Å². The van der Waals surface area contributed by atoms with Crippen molar-refractivity contribution in [2.45, 2.75) is 37.9 Å². The van der Waals surface area contributed by atoms with Gasteiger partial charge in [0.25, 0.3) is 0 Å². The number of aromatic nitrogens is 1. The molecule has 2 aromatic carbocycles. The summed E-state index contributed by atoms with van der Waals surface area (Å²) in [6, 6.07) is 14.2. The SMILES string of the molecule is CC1NNC(c2ccc(Cl)cc2)C1CC(=O)N[C@@H](Cc1c[nH]c2ccccc12)C(=O)O. The molecule has 3 unspecified atom stereocenters. The standard InChI is InChI=1S/C23H25ClN4O3/c1-13-18(22(28-27-13)14-6-8-16(24)9-7-14)11-21(29)26-20(23(30)31)10-15-12-25-19-5-3-2-4-17(15)19/h2-9,12-13,18,20,22,25,27-28H,10-11H2,1H3,(H,26,29)(H,30,31)/t13?,18?,20-,22?/m0/s1. The van der Waals surface area contributed by atoms with Gasteiger partial charge < -0.3 is 15.4 Å². The third kappa shape index (κ3) is 4.74. The number of benzene rings is 2. The van der Waals surface area contributed by atoms with Crippen molar-refractivity contribution in [1.29, 1.82) is 0 Å². The number of aromatic amines is 1. The maximum atomic E-state index is 12.8. The normalized spacial score (nSPS) is 21.8. The molecule has 162 valence electrons. The van der Waals surface area contributed by atoms with Gasteiger partial charge in [-0.1, -0.05) is 41.9 Å². The van der Waals surface area contributed by atoms with Crippen LogP contribution in [0.25, 0.3) is 10.9 Å².